The van der Waals surface area contributed by atoms with Crippen LogP contribution in [0.4, 0.5) is 10.1 Å². The number of carbonyl (C=O) groups excluding carboxylic acids is 2. The Bertz CT molecular complexity index is 1030. The molecule has 0 radical (unpaired) electrons. The number of benzene rings is 2. The van der Waals surface area contributed by atoms with Crippen LogP contribution < -0.4 is 5.32 Å². The molecule has 1 N–H and O–H groups in total. The summed E-state index contributed by atoms with van der Waals surface area (Å²) in [5, 5.41) is 6.57. The third-order valence-corrected chi connectivity index (χ3v) is 4.24. The smallest absolute Gasteiger partial charge is 0.338 e. The van der Waals surface area contributed by atoms with Crippen molar-refractivity contribution in [3.8, 4) is 11.3 Å². The largest absolute Gasteiger partial charge is 0.462 e. The van der Waals surface area contributed by atoms with E-state index < -0.39 is 17.7 Å². The Hall–Kier alpha value is -3.19. The van der Waals surface area contributed by atoms with Crippen molar-refractivity contribution in [1.82, 2.24) is 5.16 Å². The molecular formula is C20H16ClFN2O4. The van der Waals surface area contributed by atoms with Gasteiger partial charge in [0.2, 0.25) is 0 Å². The summed E-state index contributed by atoms with van der Waals surface area (Å²) in [5.74, 6) is -1.50. The zero-order chi connectivity index (χ0) is 20.3. The standard InChI is InChI=1S/C20H16ClFN2O4/c1-3-27-20(26)12-6-4-7-13(10-12)23-19(25)16-11(2)28-24-18(16)17-14(21)8-5-9-15(17)22/h4-10H,3H2,1-2H3,(H,23,25). The summed E-state index contributed by atoms with van der Waals surface area (Å²) in [5.41, 5.74) is 0.681. The van der Waals surface area contributed by atoms with Gasteiger partial charge in [-0.25, -0.2) is 9.18 Å². The summed E-state index contributed by atoms with van der Waals surface area (Å²) in [6, 6.07) is 10.4. The SMILES string of the molecule is CCOC(=O)c1cccc(NC(=O)c2c(-c3c(F)cccc3Cl)noc2C)c1. The zero-order valence-corrected chi connectivity index (χ0v) is 15.8. The lowest BCUT2D eigenvalue weighted by Crippen LogP contribution is -2.14. The van der Waals surface area contributed by atoms with Crippen LogP contribution in [-0.4, -0.2) is 23.6 Å². The van der Waals surface area contributed by atoms with Gasteiger partial charge in [0, 0.05) is 5.69 Å². The van der Waals surface area contributed by atoms with Crippen molar-refractivity contribution >= 4 is 29.2 Å². The fraction of sp³-hybridized carbons (Fsp3) is 0.150. The molecule has 6 nitrogen and oxygen atoms in total. The van der Waals surface area contributed by atoms with Crippen molar-refractivity contribution < 1.29 is 23.2 Å². The van der Waals surface area contributed by atoms with E-state index >= 15 is 0 Å². The number of esters is 1. The molecule has 0 aliphatic heterocycles. The van der Waals surface area contributed by atoms with Crippen LogP contribution in [0.2, 0.25) is 5.02 Å². The van der Waals surface area contributed by atoms with E-state index in [-0.39, 0.29) is 34.2 Å². The summed E-state index contributed by atoms with van der Waals surface area (Å²) >= 11 is 6.09. The molecule has 28 heavy (non-hydrogen) atoms. The number of nitrogens with one attached hydrogen (secondary N) is 1. The second-order valence-corrected chi connectivity index (χ2v) is 6.22. The van der Waals surface area contributed by atoms with Crippen LogP contribution in [0.1, 0.15) is 33.4 Å². The van der Waals surface area contributed by atoms with E-state index in [2.05, 4.69) is 10.5 Å². The molecule has 1 aromatic heterocycles. The molecule has 0 saturated carbocycles. The number of aromatic nitrogens is 1. The number of hydrogen-bond donors (Lipinski definition) is 1. The predicted octanol–water partition coefficient (Wildman–Crippen LogP) is 4.87. The summed E-state index contributed by atoms with van der Waals surface area (Å²) in [6.45, 7) is 3.48. The van der Waals surface area contributed by atoms with Gasteiger partial charge in [0.15, 0.2) is 0 Å². The van der Waals surface area contributed by atoms with Gasteiger partial charge in [-0.3, -0.25) is 4.79 Å². The number of aryl methyl sites for hydroxylation is 1. The van der Waals surface area contributed by atoms with E-state index in [0.29, 0.717) is 11.3 Å². The number of ether oxygens (including phenoxy) is 1. The molecule has 0 spiro atoms. The Morgan fingerprint density at radius 1 is 1.25 bits per heavy atom. The highest BCUT2D eigenvalue weighted by Gasteiger charge is 2.25. The van der Waals surface area contributed by atoms with E-state index in [1.54, 1.807) is 25.1 Å². The normalized spacial score (nSPS) is 10.6. The van der Waals surface area contributed by atoms with E-state index in [1.807, 2.05) is 0 Å². The van der Waals surface area contributed by atoms with Gasteiger partial charge in [0.1, 0.15) is 22.8 Å². The summed E-state index contributed by atoms with van der Waals surface area (Å²) in [6.07, 6.45) is 0. The molecule has 0 unspecified atom stereocenters. The van der Waals surface area contributed by atoms with Gasteiger partial charge in [-0.1, -0.05) is 28.9 Å². The van der Waals surface area contributed by atoms with E-state index in [0.717, 1.165) is 0 Å². The lowest BCUT2D eigenvalue weighted by atomic mass is 10.0. The monoisotopic (exact) mass is 402 g/mol. The second-order valence-electron chi connectivity index (χ2n) is 5.81. The molecule has 8 heteroatoms. The molecule has 1 heterocycles. The van der Waals surface area contributed by atoms with Crippen molar-refractivity contribution in [2.45, 2.75) is 13.8 Å². The average molecular weight is 403 g/mol. The van der Waals surface area contributed by atoms with Crippen LogP contribution in [0, 0.1) is 12.7 Å². The maximum absolute atomic E-state index is 14.3. The highest BCUT2D eigenvalue weighted by Crippen LogP contribution is 2.33. The second kappa shape index (κ2) is 8.22. The Morgan fingerprint density at radius 2 is 2.00 bits per heavy atom. The fourth-order valence-corrected chi connectivity index (χ4v) is 2.92. The summed E-state index contributed by atoms with van der Waals surface area (Å²) in [7, 11) is 0. The Morgan fingerprint density at radius 3 is 2.71 bits per heavy atom. The van der Waals surface area contributed by atoms with E-state index in [4.69, 9.17) is 20.9 Å². The number of anilines is 1. The first-order valence-electron chi connectivity index (χ1n) is 8.41. The number of carbonyl (C=O) groups is 2. The quantitative estimate of drug-likeness (QED) is 0.615. The minimum absolute atomic E-state index is 0.000327. The Balaban J connectivity index is 1.94. The molecule has 0 aliphatic rings. The molecule has 3 aromatic rings. The van der Waals surface area contributed by atoms with Gasteiger partial charge < -0.3 is 14.6 Å². The van der Waals surface area contributed by atoms with Crippen LogP contribution in [0.25, 0.3) is 11.3 Å². The van der Waals surface area contributed by atoms with E-state index in [9.17, 15) is 14.0 Å². The van der Waals surface area contributed by atoms with Crippen molar-refractivity contribution in [3.63, 3.8) is 0 Å². The van der Waals surface area contributed by atoms with Crippen molar-refractivity contribution in [2.24, 2.45) is 0 Å². The van der Waals surface area contributed by atoms with Gasteiger partial charge in [0.05, 0.1) is 22.8 Å². The molecule has 3 rings (SSSR count). The predicted molar refractivity (Wildman–Crippen MR) is 102 cm³/mol. The molecule has 0 aliphatic carbocycles. The molecule has 1 amide bonds. The number of hydrogen-bond acceptors (Lipinski definition) is 5. The first kappa shape index (κ1) is 19.6. The zero-order valence-electron chi connectivity index (χ0n) is 15.1. The van der Waals surface area contributed by atoms with Crippen LogP contribution in [-0.2, 0) is 4.74 Å². The van der Waals surface area contributed by atoms with Gasteiger partial charge in [-0.2, -0.15) is 0 Å². The number of amides is 1. The third-order valence-electron chi connectivity index (χ3n) is 3.92. The van der Waals surface area contributed by atoms with Crippen molar-refractivity contribution in [3.05, 3.63) is 70.2 Å². The third kappa shape index (κ3) is 3.89. The fourth-order valence-electron chi connectivity index (χ4n) is 2.67. The van der Waals surface area contributed by atoms with Crippen LogP contribution >= 0.6 is 11.6 Å². The van der Waals surface area contributed by atoms with Crippen molar-refractivity contribution in [2.75, 3.05) is 11.9 Å². The minimum Gasteiger partial charge on any atom is -0.462 e. The average Bonchev–Trinajstić information content (AvgIpc) is 3.03. The maximum atomic E-state index is 14.3. The van der Waals surface area contributed by atoms with Gasteiger partial charge in [-0.05, 0) is 44.2 Å². The Labute approximate surface area is 165 Å². The molecular weight excluding hydrogens is 387 g/mol. The highest BCUT2D eigenvalue weighted by molar-refractivity contribution is 6.33. The van der Waals surface area contributed by atoms with Crippen molar-refractivity contribution in [1.29, 1.82) is 0 Å². The highest BCUT2D eigenvalue weighted by atomic mass is 35.5. The number of halogens is 2. The van der Waals surface area contributed by atoms with Gasteiger partial charge >= 0.3 is 5.97 Å². The number of nitrogens with zero attached hydrogens (tertiary/aromatic N) is 1. The molecule has 144 valence electrons. The van der Waals surface area contributed by atoms with Crippen LogP contribution in [0.3, 0.4) is 0 Å². The lowest BCUT2D eigenvalue weighted by molar-refractivity contribution is 0.0526. The van der Waals surface area contributed by atoms with E-state index in [1.165, 1.54) is 31.2 Å². The lowest BCUT2D eigenvalue weighted by Gasteiger charge is -2.09. The molecule has 0 bridgehead atoms. The minimum atomic E-state index is -0.626. The molecule has 0 atom stereocenters. The van der Waals surface area contributed by atoms with Gasteiger partial charge in [-0.15, -0.1) is 0 Å². The summed E-state index contributed by atoms with van der Waals surface area (Å²) in [4.78, 5) is 24.7. The van der Waals surface area contributed by atoms with Crippen LogP contribution in [0.5, 0.6) is 0 Å². The topological polar surface area (TPSA) is 81.4 Å². The maximum Gasteiger partial charge on any atom is 0.338 e. The molecule has 0 saturated heterocycles. The van der Waals surface area contributed by atoms with Gasteiger partial charge in [0.25, 0.3) is 5.91 Å². The summed E-state index contributed by atoms with van der Waals surface area (Å²) < 4.78 is 24.3. The molecule has 0 fully saturated rings. The van der Waals surface area contributed by atoms with Crippen LogP contribution in [0.15, 0.2) is 47.0 Å². The molecule has 2 aromatic carbocycles. The first-order chi connectivity index (χ1) is 13.4. The Kier molecular flexibility index (Phi) is 5.75. The number of rotatable bonds is 5. The first-order valence-corrected chi connectivity index (χ1v) is 8.79.